The van der Waals surface area contributed by atoms with Gasteiger partial charge in [0.1, 0.15) is 21.2 Å². The van der Waals surface area contributed by atoms with E-state index in [1.54, 1.807) is 0 Å². The zero-order chi connectivity index (χ0) is 16.3. The monoisotopic (exact) mass is 337 g/mol. The smallest absolute Gasteiger partial charge is 0.339 e. The van der Waals surface area contributed by atoms with E-state index < -0.39 is 25.8 Å². The second-order valence-corrected chi connectivity index (χ2v) is 8.22. The highest BCUT2D eigenvalue weighted by Crippen LogP contribution is 2.22. The summed E-state index contributed by atoms with van der Waals surface area (Å²) in [6.07, 6.45) is 0.983. The van der Waals surface area contributed by atoms with E-state index in [1.807, 2.05) is 0 Å². The van der Waals surface area contributed by atoms with Crippen LogP contribution >= 0.6 is 0 Å². The summed E-state index contributed by atoms with van der Waals surface area (Å²) in [6, 6.07) is 3.34. The summed E-state index contributed by atoms with van der Waals surface area (Å²) in [6.45, 7) is -0.296. The largest absolute Gasteiger partial charge is 0.496 e. The maximum absolute atomic E-state index is 12.0. The zero-order valence-electron chi connectivity index (χ0n) is 11.4. The van der Waals surface area contributed by atoms with Gasteiger partial charge in [-0.2, -0.15) is 0 Å². The van der Waals surface area contributed by atoms with Crippen LogP contribution in [0.5, 0.6) is 5.75 Å². The Balaban J connectivity index is 3.04. The van der Waals surface area contributed by atoms with Crippen LogP contribution in [0.15, 0.2) is 23.1 Å². The van der Waals surface area contributed by atoms with Crippen LogP contribution in [0.4, 0.5) is 0 Å². The standard InChI is InChI=1S/C11H15NO7S2/c1-19-10-4-3-8(7-9(10)11(13)14)21(17,18)12-5-6-20(2,15)16/h3-4,7,12H,5-6H2,1-2H3,(H,13,14). The molecule has 0 fully saturated rings. The van der Waals surface area contributed by atoms with Gasteiger partial charge in [-0.05, 0) is 18.2 Å². The maximum atomic E-state index is 12.0. The minimum absolute atomic E-state index is 0.0255. The lowest BCUT2D eigenvalue weighted by Gasteiger charge is -2.09. The van der Waals surface area contributed by atoms with E-state index in [9.17, 15) is 21.6 Å². The van der Waals surface area contributed by atoms with Gasteiger partial charge in [-0.25, -0.2) is 26.4 Å². The Hall–Kier alpha value is -1.65. The highest BCUT2D eigenvalue weighted by Gasteiger charge is 2.19. The number of carboxylic acids is 1. The summed E-state index contributed by atoms with van der Waals surface area (Å²) in [4.78, 5) is 10.7. The van der Waals surface area contributed by atoms with Crippen molar-refractivity contribution in [1.29, 1.82) is 0 Å². The number of hydrogen-bond acceptors (Lipinski definition) is 6. The molecule has 0 heterocycles. The normalized spacial score (nSPS) is 12.1. The Labute approximate surface area is 122 Å². The van der Waals surface area contributed by atoms with Crippen LogP contribution < -0.4 is 9.46 Å². The van der Waals surface area contributed by atoms with Crippen molar-refractivity contribution in [2.45, 2.75) is 4.90 Å². The minimum atomic E-state index is -4.00. The number of sulfone groups is 1. The van der Waals surface area contributed by atoms with E-state index in [2.05, 4.69) is 4.72 Å². The average molecular weight is 337 g/mol. The van der Waals surface area contributed by atoms with E-state index >= 15 is 0 Å². The number of benzene rings is 1. The van der Waals surface area contributed by atoms with Crippen LogP contribution in [0.3, 0.4) is 0 Å². The molecule has 0 aliphatic rings. The Morgan fingerprint density at radius 2 is 1.90 bits per heavy atom. The summed E-state index contributed by atoms with van der Waals surface area (Å²) in [5, 5.41) is 9.00. The van der Waals surface area contributed by atoms with Crippen LogP contribution in [0.1, 0.15) is 10.4 Å². The molecule has 0 saturated heterocycles. The molecule has 2 N–H and O–H groups in total. The summed E-state index contributed by atoms with van der Waals surface area (Å²) in [5.41, 5.74) is -0.302. The Morgan fingerprint density at radius 3 is 2.38 bits per heavy atom. The lowest BCUT2D eigenvalue weighted by atomic mass is 10.2. The van der Waals surface area contributed by atoms with Crippen LogP contribution in [0, 0.1) is 0 Å². The minimum Gasteiger partial charge on any atom is -0.496 e. The lowest BCUT2D eigenvalue weighted by Crippen LogP contribution is -2.29. The lowest BCUT2D eigenvalue weighted by molar-refractivity contribution is 0.0693. The molecule has 0 bridgehead atoms. The molecule has 8 nitrogen and oxygen atoms in total. The van der Waals surface area contributed by atoms with Crippen molar-refractivity contribution in [1.82, 2.24) is 4.72 Å². The van der Waals surface area contributed by atoms with Gasteiger partial charge in [0.05, 0.1) is 17.8 Å². The SMILES string of the molecule is COc1ccc(S(=O)(=O)NCCS(C)(=O)=O)cc1C(=O)O. The molecule has 1 rings (SSSR count). The van der Waals surface area contributed by atoms with Crippen molar-refractivity contribution in [2.24, 2.45) is 0 Å². The molecule has 0 amide bonds. The highest BCUT2D eigenvalue weighted by atomic mass is 32.2. The molecule has 0 aliphatic heterocycles. The molecule has 0 spiro atoms. The third-order valence-corrected chi connectivity index (χ3v) is 4.88. The fourth-order valence-corrected chi connectivity index (χ4v) is 3.13. The number of methoxy groups -OCH3 is 1. The van der Waals surface area contributed by atoms with Crippen molar-refractivity contribution in [2.75, 3.05) is 25.7 Å². The topological polar surface area (TPSA) is 127 Å². The molecular formula is C11H15NO7S2. The molecule has 118 valence electrons. The molecule has 0 radical (unpaired) electrons. The first-order valence-electron chi connectivity index (χ1n) is 5.65. The van der Waals surface area contributed by atoms with E-state index in [1.165, 1.54) is 19.2 Å². The summed E-state index contributed by atoms with van der Waals surface area (Å²) >= 11 is 0. The fourth-order valence-electron chi connectivity index (χ4n) is 1.47. The molecule has 1 aromatic carbocycles. The number of aromatic carboxylic acids is 1. The number of sulfonamides is 1. The van der Waals surface area contributed by atoms with Gasteiger partial charge in [-0.1, -0.05) is 0 Å². The summed E-state index contributed by atoms with van der Waals surface area (Å²) in [7, 11) is -6.03. The van der Waals surface area contributed by atoms with Gasteiger partial charge in [0, 0.05) is 12.8 Å². The van der Waals surface area contributed by atoms with Crippen molar-refractivity contribution >= 4 is 25.8 Å². The summed E-state index contributed by atoms with van der Waals surface area (Å²) < 4.78 is 52.7. The van der Waals surface area contributed by atoms with E-state index in [4.69, 9.17) is 9.84 Å². The number of nitrogens with one attached hydrogen (secondary N) is 1. The molecule has 0 unspecified atom stereocenters. The van der Waals surface area contributed by atoms with Gasteiger partial charge in [-0.15, -0.1) is 0 Å². The second-order valence-electron chi connectivity index (χ2n) is 4.19. The Bertz CT molecular complexity index is 738. The molecular weight excluding hydrogens is 322 g/mol. The predicted molar refractivity (Wildman–Crippen MR) is 74.9 cm³/mol. The molecule has 10 heteroatoms. The number of ether oxygens (including phenoxy) is 1. The Kier molecular flexibility index (Phi) is 5.31. The number of carbonyl (C=O) groups is 1. The van der Waals surface area contributed by atoms with E-state index in [0.29, 0.717) is 0 Å². The molecule has 21 heavy (non-hydrogen) atoms. The maximum Gasteiger partial charge on any atom is 0.339 e. The van der Waals surface area contributed by atoms with Crippen molar-refractivity contribution in [3.05, 3.63) is 23.8 Å². The van der Waals surface area contributed by atoms with Gasteiger partial charge in [0.2, 0.25) is 10.0 Å². The third kappa shape index (κ3) is 4.99. The van der Waals surface area contributed by atoms with Crippen LogP contribution in [-0.4, -0.2) is 53.6 Å². The van der Waals surface area contributed by atoms with Crippen molar-refractivity contribution in [3.63, 3.8) is 0 Å². The van der Waals surface area contributed by atoms with Gasteiger partial charge in [0.15, 0.2) is 0 Å². The van der Waals surface area contributed by atoms with Crippen LogP contribution in [0.2, 0.25) is 0 Å². The molecule has 1 aromatic rings. The molecule has 0 aromatic heterocycles. The third-order valence-electron chi connectivity index (χ3n) is 2.48. The highest BCUT2D eigenvalue weighted by molar-refractivity contribution is 7.91. The number of rotatable bonds is 7. The van der Waals surface area contributed by atoms with Crippen molar-refractivity contribution in [3.8, 4) is 5.75 Å². The fraction of sp³-hybridized carbons (Fsp3) is 0.364. The molecule has 0 aliphatic carbocycles. The summed E-state index contributed by atoms with van der Waals surface area (Å²) in [5.74, 6) is -1.66. The van der Waals surface area contributed by atoms with Gasteiger partial charge in [-0.3, -0.25) is 0 Å². The van der Waals surface area contributed by atoms with Crippen molar-refractivity contribution < 1.29 is 31.5 Å². The zero-order valence-corrected chi connectivity index (χ0v) is 13.0. The Morgan fingerprint density at radius 1 is 1.29 bits per heavy atom. The van der Waals surface area contributed by atoms with Gasteiger partial charge >= 0.3 is 5.97 Å². The van der Waals surface area contributed by atoms with Crippen LogP contribution in [-0.2, 0) is 19.9 Å². The predicted octanol–water partition coefficient (Wildman–Crippen LogP) is -0.284. The number of hydrogen-bond donors (Lipinski definition) is 2. The average Bonchev–Trinajstić information content (AvgIpc) is 2.35. The first kappa shape index (κ1) is 17.4. The van der Waals surface area contributed by atoms with E-state index in [0.717, 1.165) is 12.3 Å². The van der Waals surface area contributed by atoms with Crippen LogP contribution in [0.25, 0.3) is 0 Å². The quantitative estimate of drug-likeness (QED) is 0.700. The second kappa shape index (κ2) is 6.41. The first-order valence-corrected chi connectivity index (χ1v) is 9.20. The van der Waals surface area contributed by atoms with Gasteiger partial charge < -0.3 is 9.84 Å². The first-order chi connectivity index (χ1) is 9.57. The molecule has 0 saturated carbocycles. The number of carboxylic acid groups (broad SMARTS) is 1. The van der Waals surface area contributed by atoms with E-state index in [-0.39, 0.29) is 28.5 Å². The van der Waals surface area contributed by atoms with Gasteiger partial charge in [0.25, 0.3) is 0 Å². The molecule has 0 atom stereocenters.